The maximum Gasteiger partial charge on any atom is 0.262 e. The van der Waals surface area contributed by atoms with Gasteiger partial charge in [-0.15, -0.1) is 0 Å². The lowest BCUT2D eigenvalue weighted by atomic mass is 10.1. The summed E-state index contributed by atoms with van der Waals surface area (Å²) in [5.41, 5.74) is 0. The van der Waals surface area contributed by atoms with Crippen molar-refractivity contribution in [1.82, 2.24) is 19.2 Å². The van der Waals surface area contributed by atoms with E-state index in [1.165, 1.54) is 6.33 Å². The summed E-state index contributed by atoms with van der Waals surface area (Å²) in [5.74, 6) is 0. The molecule has 0 aliphatic carbocycles. The molecule has 1 aromatic rings. The number of nitrogens with one attached hydrogen (secondary N) is 1. The Hall–Kier alpha value is -0.920. The predicted octanol–water partition coefficient (Wildman–Crippen LogP) is 0.183. The quantitative estimate of drug-likeness (QED) is 0.849. The van der Waals surface area contributed by atoms with Crippen molar-refractivity contribution in [2.75, 3.05) is 20.1 Å². The second-order valence-corrected chi connectivity index (χ2v) is 6.54. The van der Waals surface area contributed by atoms with E-state index in [0.717, 1.165) is 19.3 Å². The van der Waals surface area contributed by atoms with Gasteiger partial charge in [-0.1, -0.05) is 6.42 Å². The van der Waals surface area contributed by atoms with Crippen LogP contribution in [0.2, 0.25) is 0 Å². The van der Waals surface area contributed by atoms with E-state index in [2.05, 4.69) is 10.3 Å². The fraction of sp³-hybridized carbons (Fsp3) is 0.727. The molecule has 0 aromatic carbocycles. The zero-order valence-electron chi connectivity index (χ0n) is 10.8. The Kier molecular flexibility index (Phi) is 4.04. The zero-order chi connectivity index (χ0) is 13.2. The van der Waals surface area contributed by atoms with Gasteiger partial charge in [0.05, 0.1) is 6.33 Å². The molecular weight excluding hydrogens is 252 g/mol. The molecule has 0 bridgehead atoms. The lowest BCUT2D eigenvalue weighted by Crippen LogP contribution is -2.47. The van der Waals surface area contributed by atoms with E-state index in [-0.39, 0.29) is 11.1 Å². The smallest absolute Gasteiger partial charge is 0.262 e. The number of likely N-dealkylation sites (N-methyl/N-ethyl adjacent to an activating group) is 1. The first kappa shape index (κ1) is 13.5. The van der Waals surface area contributed by atoms with Gasteiger partial charge < -0.3 is 9.88 Å². The number of aromatic nitrogens is 2. The van der Waals surface area contributed by atoms with Crippen LogP contribution in [-0.4, -0.2) is 48.5 Å². The summed E-state index contributed by atoms with van der Waals surface area (Å²) in [4.78, 5) is 3.97. The molecule has 0 amide bonds. The zero-order valence-corrected chi connectivity index (χ0v) is 11.7. The average Bonchev–Trinajstić information content (AvgIpc) is 2.78. The average molecular weight is 272 g/mol. The molecule has 1 saturated heterocycles. The van der Waals surface area contributed by atoms with Crippen LogP contribution in [0.25, 0.3) is 0 Å². The minimum atomic E-state index is -3.45. The van der Waals surface area contributed by atoms with Gasteiger partial charge in [-0.05, 0) is 19.9 Å². The van der Waals surface area contributed by atoms with E-state index in [0.29, 0.717) is 13.1 Å². The van der Waals surface area contributed by atoms with Crippen LogP contribution < -0.4 is 5.32 Å². The van der Waals surface area contributed by atoms with Gasteiger partial charge in [-0.3, -0.25) is 0 Å². The highest BCUT2D eigenvalue weighted by Crippen LogP contribution is 2.23. The summed E-state index contributed by atoms with van der Waals surface area (Å²) in [5, 5.41) is 3.21. The van der Waals surface area contributed by atoms with Gasteiger partial charge in [-0.25, -0.2) is 13.4 Å². The van der Waals surface area contributed by atoms with Crippen LogP contribution >= 0.6 is 0 Å². The van der Waals surface area contributed by atoms with Crippen molar-refractivity contribution in [3.63, 3.8) is 0 Å². The summed E-state index contributed by atoms with van der Waals surface area (Å²) in [6.07, 6.45) is 5.99. The summed E-state index contributed by atoms with van der Waals surface area (Å²) in [6.45, 7) is 1.28. The van der Waals surface area contributed by atoms with E-state index in [9.17, 15) is 8.42 Å². The van der Waals surface area contributed by atoms with Crippen LogP contribution in [0.1, 0.15) is 19.3 Å². The minimum Gasteiger partial charge on any atom is -0.339 e. The molecule has 1 fully saturated rings. The normalized spacial score (nSPS) is 22.2. The molecule has 102 valence electrons. The predicted molar refractivity (Wildman–Crippen MR) is 68.7 cm³/mol. The monoisotopic (exact) mass is 272 g/mol. The maximum atomic E-state index is 12.5. The second kappa shape index (κ2) is 5.38. The van der Waals surface area contributed by atoms with Gasteiger partial charge in [0.2, 0.25) is 0 Å². The molecule has 0 radical (unpaired) electrons. The minimum absolute atomic E-state index is 0.0377. The van der Waals surface area contributed by atoms with Crippen molar-refractivity contribution in [2.24, 2.45) is 7.05 Å². The van der Waals surface area contributed by atoms with Crippen LogP contribution in [0.5, 0.6) is 0 Å². The van der Waals surface area contributed by atoms with Crippen LogP contribution in [0, 0.1) is 0 Å². The molecule has 1 unspecified atom stereocenters. The maximum absolute atomic E-state index is 12.5. The van der Waals surface area contributed by atoms with Gasteiger partial charge >= 0.3 is 0 Å². The van der Waals surface area contributed by atoms with Crippen molar-refractivity contribution in [2.45, 2.75) is 30.3 Å². The molecule has 1 aliphatic heterocycles. The van der Waals surface area contributed by atoms with Crippen molar-refractivity contribution in [3.05, 3.63) is 12.5 Å². The number of aryl methyl sites for hydroxylation is 1. The number of imidazole rings is 1. The summed E-state index contributed by atoms with van der Waals surface area (Å²) < 4.78 is 28.3. The molecule has 2 heterocycles. The number of rotatable bonds is 4. The van der Waals surface area contributed by atoms with E-state index < -0.39 is 10.0 Å². The van der Waals surface area contributed by atoms with E-state index >= 15 is 0 Å². The van der Waals surface area contributed by atoms with Crippen LogP contribution in [0.3, 0.4) is 0 Å². The third-order valence-electron chi connectivity index (χ3n) is 3.27. The molecule has 1 aromatic heterocycles. The Bertz CT molecular complexity index is 495. The van der Waals surface area contributed by atoms with E-state index in [4.69, 9.17) is 0 Å². The Morgan fingerprint density at radius 1 is 1.50 bits per heavy atom. The van der Waals surface area contributed by atoms with Gasteiger partial charge in [-0.2, -0.15) is 4.31 Å². The first-order valence-electron chi connectivity index (χ1n) is 6.20. The Balaban J connectivity index is 2.27. The molecule has 1 N–H and O–H groups in total. The molecule has 0 spiro atoms. The summed E-state index contributed by atoms with van der Waals surface area (Å²) in [7, 11) is 0.167. The van der Waals surface area contributed by atoms with Gasteiger partial charge in [0.1, 0.15) is 0 Å². The highest BCUT2D eigenvalue weighted by molar-refractivity contribution is 7.89. The lowest BCUT2D eigenvalue weighted by molar-refractivity contribution is 0.248. The standard InChI is InChI=1S/C11H20N4O2S/c1-12-7-10-5-3-4-6-15(10)18(16,17)11-8-14(2)9-13-11/h8-10,12H,3-7H2,1-2H3. The largest absolute Gasteiger partial charge is 0.339 e. The number of nitrogens with zero attached hydrogens (tertiary/aromatic N) is 3. The van der Waals surface area contributed by atoms with Crippen molar-refractivity contribution in [3.8, 4) is 0 Å². The molecule has 1 atom stereocenters. The molecule has 2 rings (SSSR count). The molecule has 18 heavy (non-hydrogen) atoms. The molecule has 7 heteroatoms. The SMILES string of the molecule is CNCC1CCCCN1S(=O)(=O)c1cn(C)cn1. The topological polar surface area (TPSA) is 67.2 Å². The van der Waals surface area contributed by atoms with E-state index in [1.807, 2.05) is 7.05 Å². The number of hydrogen-bond acceptors (Lipinski definition) is 4. The van der Waals surface area contributed by atoms with Crippen molar-refractivity contribution in [1.29, 1.82) is 0 Å². The molecular formula is C11H20N4O2S. The Morgan fingerprint density at radius 2 is 2.28 bits per heavy atom. The number of piperidine rings is 1. The fourth-order valence-electron chi connectivity index (χ4n) is 2.37. The van der Waals surface area contributed by atoms with E-state index in [1.54, 1.807) is 22.1 Å². The molecule has 6 nitrogen and oxygen atoms in total. The first-order chi connectivity index (χ1) is 8.55. The Labute approximate surface area is 108 Å². The highest BCUT2D eigenvalue weighted by Gasteiger charge is 2.34. The van der Waals surface area contributed by atoms with Crippen molar-refractivity contribution >= 4 is 10.0 Å². The molecule has 1 aliphatic rings. The van der Waals surface area contributed by atoms with Crippen LogP contribution in [-0.2, 0) is 17.1 Å². The van der Waals surface area contributed by atoms with Crippen LogP contribution in [0.15, 0.2) is 17.6 Å². The summed E-state index contributed by atoms with van der Waals surface area (Å²) >= 11 is 0. The first-order valence-corrected chi connectivity index (χ1v) is 7.64. The van der Waals surface area contributed by atoms with Gasteiger partial charge in [0.25, 0.3) is 10.0 Å². The second-order valence-electron chi connectivity index (χ2n) is 4.70. The summed E-state index contributed by atoms with van der Waals surface area (Å²) in [6, 6.07) is 0.0377. The molecule has 0 saturated carbocycles. The Morgan fingerprint density at radius 3 is 2.89 bits per heavy atom. The van der Waals surface area contributed by atoms with Crippen LogP contribution in [0.4, 0.5) is 0 Å². The fourth-order valence-corrected chi connectivity index (χ4v) is 4.03. The van der Waals surface area contributed by atoms with Gasteiger partial charge in [0.15, 0.2) is 5.03 Å². The third-order valence-corrected chi connectivity index (χ3v) is 5.10. The van der Waals surface area contributed by atoms with Gasteiger partial charge in [0, 0.05) is 32.4 Å². The third kappa shape index (κ3) is 2.57. The highest BCUT2D eigenvalue weighted by atomic mass is 32.2. The lowest BCUT2D eigenvalue weighted by Gasteiger charge is -2.33. The number of sulfonamides is 1. The van der Waals surface area contributed by atoms with Crippen molar-refractivity contribution < 1.29 is 8.42 Å². The number of hydrogen-bond donors (Lipinski definition) is 1.